The van der Waals surface area contributed by atoms with E-state index in [2.05, 4.69) is 23.4 Å². The third-order valence-corrected chi connectivity index (χ3v) is 10.4. The van der Waals surface area contributed by atoms with Crippen molar-refractivity contribution in [1.82, 2.24) is 14.1 Å². The molecule has 0 bridgehead atoms. The molecular formula is C53H40N4OPt-2. The van der Waals surface area contributed by atoms with Crippen LogP contribution in [0.1, 0.15) is 50.1 Å². The molecule has 3 heterocycles. The van der Waals surface area contributed by atoms with Crippen LogP contribution in [0.4, 0.5) is 0 Å². The van der Waals surface area contributed by atoms with Gasteiger partial charge in [0, 0.05) is 44.3 Å². The zero-order chi connectivity index (χ0) is 50.5. The monoisotopic (exact) mass is 956 g/mol. The molecule has 59 heavy (non-hydrogen) atoms. The van der Waals surface area contributed by atoms with Crippen LogP contribution < -0.4 is 9.30 Å². The molecule has 0 N–H and O–H groups in total. The van der Waals surface area contributed by atoms with Gasteiger partial charge in [-0.15, -0.1) is 29.7 Å². The molecule has 3 aromatic heterocycles. The van der Waals surface area contributed by atoms with Crippen molar-refractivity contribution in [1.29, 1.82) is 0 Å². The minimum atomic E-state index is -0.591. The van der Waals surface area contributed by atoms with Crippen LogP contribution in [0.2, 0.25) is 0 Å². The molecule has 0 spiro atoms. The largest absolute Gasteiger partial charge is 0.510 e. The van der Waals surface area contributed by atoms with Gasteiger partial charge in [-0.2, -0.15) is 18.2 Å². The second-order valence-corrected chi connectivity index (χ2v) is 14.1. The van der Waals surface area contributed by atoms with Gasteiger partial charge >= 0.3 is 0 Å². The van der Waals surface area contributed by atoms with Gasteiger partial charge < -0.3 is 13.9 Å². The van der Waals surface area contributed by atoms with Crippen molar-refractivity contribution < 1.29 is 48.2 Å². The summed E-state index contributed by atoms with van der Waals surface area (Å²) in [7, 11) is 0. The van der Waals surface area contributed by atoms with Crippen LogP contribution >= 0.6 is 0 Å². The van der Waals surface area contributed by atoms with Crippen molar-refractivity contribution in [2.24, 2.45) is 5.92 Å². The number of pyridine rings is 1. The molecule has 0 aliphatic heterocycles. The Labute approximate surface area is 377 Å². The van der Waals surface area contributed by atoms with E-state index in [1.807, 2.05) is 63.2 Å². The van der Waals surface area contributed by atoms with Crippen LogP contribution in [0, 0.1) is 24.4 Å². The summed E-state index contributed by atoms with van der Waals surface area (Å²) in [6.45, 7) is 5.99. The van der Waals surface area contributed by atoms with Gasteiger partial charge in [-0.25, -0.2) is 4.98 Å². The normalized spacial score (nSPS) is 15.0. The number of fused-ring (bicyclic) bond motifs is 4. The van der Waals surface area contributed by atoms with Gasteiger partial charge in [0.15, 0.2) is 0 Å². The first-order valence-corrected chi connectivity index (χ1v) is 18.8. The van der Waals surface area contributed by atoms with E-state index in [1.54, 1.807) is 68.3 Å². The molecule has 1 atom stereocenters. The van der Waals surface area contributed by atoms with E-state index in [4.69, 9.17) is 21.2 Å². The summed E-state index contributed by atoms with van der Waals surface area (Å²) in [5.74, 6) is 0.687. The van der Waals surface area contributed by atoms with E-state index in [9.17, 15) is 1.37 Å². The average Bonchev–Trinajstić information content (AvgIpc) is 3.91. The number of benzene rings is 7. The van der Waals surface area contributed by atoms with E-state index in [0.717, 1.165) is 16.3 Å². The van der Waals surface area contributed by atoms with Gasteiger partial charge in [-0.05, 0) is 68.9 Å². The Morgan fingerprint density at radius 3 is 2.05 bits per heavy atom. The number of nitrogens with zero attached hydrogens (tertiary/aromatic N) is 4. The van der Waals surface area contributed by atoms with Crippen LogP contribution in [0.25, 0.3) is 72.3 Å². The molecule has 0 radical (unpaired) electrons. The maximum atomic E-state index is 9.36. The average molecular weight is 957 g/mol. The fourth-order valence-electron chi connectivity index (χ4n) is 7.25. The van der Waals surface area contributed by atoms with Gasteiger partial charge in [0.05, 0.1) is 34.5 Å². The molecule has 290 valence electrons. The Bertz CT molecular complexity index is 3730. The topological polar surface area (TPSA) is 35.9 Å². The number of hydrogen-bond acceptors (Lipinski definition) is 2. The van der Waals surface area contributed by atoms with Crippen LogP contribution in [-0.2, 0) is 21.1 Å². The number of aromatic nitrogens is 4. The number of ether oxygens (including phenoxy) is 1. The first kappa shape index (κ1) is 25.7. The Balaban J connectivity index is 0.00000640. The van der Waals surface area contributed by atoms with Crippen LogP contribution in [-0.4, -0.2) is 14.1 Å². The molecule has 0 aliphatic rings. The van der Waals surface area contributed by atoms with Crippen LogP contribution in [0.15, 0.2) is 176 Å². The summed E-state index contributed by atoms with van der Waals surface area (Å²) >= 11 is 0. The Morgan fingerprint density at radius 2 is 1.32 bits per heavy atom. The van der Waals surface area contributed by atoms with Crippen molar-refractivity contribution in [2.75, 3.05) is 0 Å². The van der Waals surface area contributed by atoms with Crippen molar-refractivity contribution in [2.45, 2.75) is 26.7 Å². The second kappa shape index (κ2) is 16.0. The Kier molecular flexibility index (Phi) is 6.98. The predicted molar refractivity (Wildman–Crippen MR) is 234 cm³/mol. The fraction of sp³-hybridized carbons (Fsp3) is 0.0943. The summed E-state index contributed by atoms with van der Waals surface area (Å²) in [4.78, 5) is 4.50. The van der Waals surface area contributed by atoms with E-state index in [0.29, 0.717) is 33.6 Å². The van der Waals surface area contributed by atoms with Crippen molar-refractivity contribution in [3.8, 4) is 50.9 Å². The van der Waals surface area contributed by atoms with Crippen LogP contribution in [0.5, 0.6) is 11.5 Å². The molecule has 5 nitrogen and oxygen atoms in total. The van der Waals surface area contributed by atoms with E-state index in [-0.39, 0.29) is 90.7 Å². The first-order valence-electron chi connectivity index (χ1n) is 25.3. The smallest absolute Gasteiger partial charge is 0.268 e. The van der Waals surface area contributed by atoms with E-state index >= 15 is 0 Å². The minimum Gasteiger partial charge on any atom is -0.510 e. The maximum Gasteiger partial charge on any atom is 0.268 e. The molecule has 0 fully saturated rings. The summed E-state index contributed by atoms with van der Waals surface area (Å²) in [6, 6.07) is 29.7. The molecule has 0 saturated carbocycles. The summed E-state index contributed by atoms with van der Waals surface area (Å²) in [5.41, 5.74) is 3.26. The minimum absolute atomic E-state index is 0. The Morgan fingerprint density at radius 1 is 0.661 bits per heavy atom. The van der Waals surface area contributed by atoms with Gasteiger partial charge in [-0.3, -0.25) is 4.57 Å². The van der Waals surface area contributed by atoms with Crippen molar-refractivity contribution >= 4 is 32.8 Å². The molecule has 10 rings (SSSR count). The van der Waals surface area contributed by atoms with Gasteiger partial charge in [0.2, 0.25) is 0 Å². The van der Waals surface area contributed by atoms with E-state index in [1.165, 1.54) is 0 Å². The molecule has 0 saturated heterocycles. The maximum absolute atomic E-state index is 9.36. The first-order chi connectivity index (χ1) is 33.9. The fourth-order valence-corrected chi connectivity index (χ4v) is 7.25. The quantitative estimate of drug-likeness (QED) is 0.107. The SMILES string of the molecule is [2H]c1nc(-n2c3[c-]c(Oc4[c-]c(-n5[c-][n+](-c6c(-c7c([2H])c([2H])c([2H])c([2H])c7[2H])cccc6-c6c([2H])c([2H])c([2H])c([2H])c6[2H])c6ccccc65)ccc4)ccc3c3ccccc32)c([2H])c(C(C)C(C)C)c1[2H].[Pt]. The molecule has 6 heteroatoms. The molecule has 1 unspecified atom stereocenters. The zero-order valence-corrected chi connectivity index (χ0v) is 34.2. The van der Waals surface area contributed by atoms with Crippen molar-refractivity contribution in [3.05, 3.63) is 200 Å². The third-order valence-electron chi connectivity index (χ3n) is 10.4. The molecule has 0 amide bonds. The Hall–Kier alpha value is -6.55. The molecule has 10 aromatic rings. The molecule has 7 aromatic carbocycles. The predicted octanol–water partition coefficient (Wildman–Crippen LogP) is 12.7. The summed E-state index contributed by atoms with van der Waals surface area (Å²) < 4.78 is 125. The second-order valence-electron chi connectivity index (χ2n) is 14.1. The summed E-state index contributed by atoms with van der Waals surface area (Å²) in [5, 5.41) is 1.67. The third kappa shape index (κ3) is 6.96. The van der Waals surface area contributed by atoms with Crippen molar-refractivity contribution in [3.63, 3.8) is 0 Å². The number of imidazole rings is 1. The van der Waals surface area contributed by atoms with Crippen LogP contribution in [0.3, 0.4) is 0 Å². The number of rotatable bonds is 9. The number of hydrogen-bond donors (Lipinski definition) is 0. The van der Waals surface area contributed by atoms with E-state index < -0.39 is 60.4 Å². The van der Waals surface area contributed by atoms with Gasteiger partial charge in [0.1, 0.15) is 5.82 Å². The van der Waals surface area contributed by atoms with Gasteiger partial charge in [-0.1, -0.05) is 147 Å². The van der Waals surface area contributed by atoms with Gasteiger partial charge in [0.25, 0.3) is 6.33 Å². The number of para-hydroxylation sites is 4. The standard InChI is InChI=1S/C53H40N4O.Pt/c1-36(2)37(3)40-30-31-54-52(32-40)57-48-25-11-10-22-46(48)47-29-28-43(34-51(47)57)58-42-21-14-20-41(33-42)55-35-56(50-27-13-12-26-49(50)55)53-44(38-16-6-4-7-17-38)23-15-24-45(53)39-18-8-5-9-19-39;/h4-32,36-37H,1-3H3;/q-2;/i4D,5D,6D,7D,8D,9D,16D,17D,18D,19D,30D,31D,32D;. The summed E-state index contributed by atoms with van der Waals surface area (Å²) in [6.07, 6.45) is 3.13. The molecular weight excluding hydrogens is 904 g/mol. The zero-order valence-electron chi connectivity index (χ0n) is 44.9. The molecule has 0 aliphatic carbocycles.